The van der Waals surface area contributed by atoms with Crippen LogP contribution in [-0.2, 0) is 10.2 Å². The molecule has 1 N–H and O–H groups in total. The summed E-state index contributed by atoms with van der Waals surface area (Å²) in [7, 11) is 0. The Bertz CT molecular complexity index is 1420. The van der Waals surface area contributed by atoms with Crippen LogP contribution in [0.2, 0.25) is 5.02 Å². The second-order valence-corrected chi connectivity index (χ2v) is 12.1. The topological polar surface area (TPSA) is 81.5 Å². The maximum atomic E-state index is 12.6. The molecule has 4 rings (SSSR count). The zero-order valence-electron chi connectivity index (χ0n) is 24.8. The van der Waals surface area contributed by atoms with Crippen molar-refractivity contribution < 1.29 is 14.3 Å². The number of aromatic amines is 1. The van der Waals surface area contributed by atoms with Gasteiger partial charge < -0.3 is 14.5 Å². The fraction of sp³-hybridized carbons (Fsp3) is 0.485. The molecule has 2 aromatic carbocycles. The van der Waals surface area contributed by atoms with E-state index >= 15 is 0 Å². The Kier molecular flexibility index (Phi) is 10.9. The molecule has 0 radical (unpaired) electrons. The summed E-state index contributed by atoms with van der Waals surface area (Å²) >= 11 is 6.59. The molecule has 41 heavy (non-hydrogen) atoms. The number of benzene rings is 2. The molecule has 0 aliphatic carbocycles. The van der Waals surface area contributed by atoms with Gasteiger partial charge in [-0.15, -0.1) is 9.73 Å². The van der Waals surface area contributed by atoms with E-state index in [1.54, 1.807) is 18.2 Å². The van der Waals surface area contributed by atoms with Crippen LogP contribution in [0.3, 0.4) is 0 Å². The second kappa shape index (κ2) is 14.5. The molecule has 7 nitrogen and oxygen atoms in total. The first-order chi connectivity index (χ1) is 19.8. The fourth-order valence-electron chi connectivity index (χ4n) is 4.77. The summed E-state index contributed by atoms with van der Waals surface area (Å²) in [5.41, 5.74) is 2.56. The van der Waals surface area contributed by atoms with Crippen molar-refractivity contribution in [2.45, 2.75) is 97.3 Å². The van der Waals surface area contributed by atoms with Crippen molar-refractivity contribution in [2.75, 3.05) is 6.61 Å². The number of aromatic nitrogens is 4. The Morgan fingerprint density at radius 3 is 2.17 bits per heavy atom. The summed E-state index contributed by atoms with van der Waals surface area (Å²) in [5, 5.41) is 9.72. The predicted octanol–water partition coefficient (Wildman–Crippen LogP) is 9.55. The van der Waals surface area contributed by atoms with Crippen molar-refractivity contribution in [2.24, 2.45) is 0 Å². The van der Waals surface area contributed by atoms with Crippen LogP contribution in [0.5, 0.6) is 11.5 Å². The number of hydrogen-bond acceptors (Lipinski definition) is 5. The molecule has 0 aliphatic rings. The highest BCUT2D eigenvalue weighted by Crippen LogP contribution is 2.32. The number of unbranched alkanes of at least 4 members (excludes halogenated alkanes) is 9. The van der Waals surface area contributed by atoms with Crippen molar-refractivity contribution in [3.8, 4) is 22.9 Å². The average Bonchev–Trinajstić information content (AvgIpc) is 3.51. The quantitative estimate of drug-likeness (QED) is 0.112. The number of hydrogen-bond donors (Lipinski definition) is 1. The first-order valence-electron chi connectivity index (χ1n) is 15.0. The highest BCUT2D eigenvalue weighted by Gasteiger charge is 2.25. The minimum Gasteiger partial charge on any atom is -0.462 e. The lowest BCUT2D eigenvalue weighted by Crippen LogP contribution is -2.12. The molecule has 0 fully saturated rings. The lowest BCUT2D eigenvalue weighted by molar-refractivity contribution is 0.0497. The first kappa shape index (κ1) is 30.6. The van der Waals surface area contributed by atoms with Crippen molar-refractivity contribution in [1.82, 2.24) is 19.8 Å². The van der Waals surface area contributed by atoms with E-state index in [2.05, 4.69) is 42.9 Å². The molecule has 2 heterocycles. The van der Waals surface area contributed by atoms with Gasteiger partial charge in [-0.05, 0) is 36.8 Å². The summed E-state index contributed by atoms with van der Waals surface area (Å²) in [6.07, 6.45) is 12.4. The van der Waals surface area contributed by atoms with Gasteiger partial charge in [0.1, 0.15) is 16.5 Å². The van der Waals surface area contributed by atoms with E-state index in [9.17, 15) is 4.79 Å². The molecule has 8 heteroatoms. The molecule has 2 aromatic heterocycles. The van der Waals surface area contributed by atoms with Crippen molar-refractivity contribution in [1.29, 1.82) is 0 Å². The van der Waals surface area contributed by atoms with Gasteiger partial charge in [-0.25, -0.2) is 4.79 Å². The van der Waals surface area contributed by atoms with E-state index in [4.69, 9.17) is 21.1 Å². The number of fused-ring (bicyclic) bond motifs is 1. The SMILES string of the molecule is CCCCCCCCCCCCOC(=O)c1cccc(Oc2cccc(-c3nn4nc(C(C)(C)C)c(Cl)c4[nH]3)c2)c1. The number of carbonyl (C=O) groups excluding carboxylic acids is 1. The van der Waals surface area contributed by atoms with Crippen LogP contribution in [-0.4, -0.2) is 32.4 Å². The Morgan fingerprint density at radius 2 is 1.51 bits per heavy atom. The van der Waals surface area contributed by atoms with E-state index in [1.165, 1.54) is 56.0 Å². The van der Waals surface area contributed by atoms with Crippen LogP contribution in [0.15, 0.2) is 48.5 Å². The lowest BCUT2D eigenvalue weighted by atomic mass is 9.92. The van der Waals surface area contributed by atoms with E-state index in [0.29, 0.717) is 40.2 Å². The van der Waals surface area contributed by atoms with E-state index in [0.717, 1.165) is 24.1 Å². The number of halogens is 1. The molecule has 0 unspecified atom stereocenters. The molecular formula is C33H43ClN4O3. The fourth-order valence-corrected chi connectivity index (χ4v) is 5.22. The Morgan fingerprint density at radius 1 is 0.878 bits per heavy atom. The maximum Gasteiger partial charge on any atom is 0.338 e. The largest absolute Gasteiger partial charge is 0.462 e. The lowest BCUT2D eigenvalue weighted by Gasteiger charge is -2.14. The highest BCUT2D eigenvalue weighted by molar-refractivity contribution is 6.34. The third-order valence-electron chi connectivity index (χ3n) is 7.10. The van der Waals surface area contributed by atoms with Gasteiger partial charge in [0, 0.05) is 11.0 Å². The molecule has 0 saturated carbocycles. The molecule has 0 bridgehead atoms. The van der Waals surface area contributed by atoms with Gasteiger partial charge in [0.2, 0.25) is 0 Å². The molecule has 0 aliphatic heterocycles. The molecular weight excluding hydrogens is 536 g/mol. The Hall–Kier alpha value is -3.32. The van der Waals surface area contributed by atoms with Gasteiger partial charge in [-0.3, -0.25) is 0 Å². The van der Waals surface area contributed by atoms with Crippen molar-refractivity contribution in [3.63, 3.8) is 0 Å². The van der Waals surface area contributed by atoms with Gasteiger partial charge in [0.15, 0.2) is 11.5 Å². The van der Waals surface area contributed by atoms with Crippen LogP contribution >= 0.6 is 11.6 Å². The van der Waals surface area contributed by atoms with Gasteiger partial charge in [0.25, 0.3) is 0 Å². The molecule has 0 spiro atoms. The number of ether oxygens (including phenoxy) is 2. The van der Waals surface area contributed by atoms with Crippen LogP contribution in [0.4, 0.5) is 0 Å². The van der Waals surface area contributed by atoms with Crippen LogP contribution in [0.1, 0.15) is 108 Å². The smallest absolute Gasteiger partial charge is 0.338 e. The number of carbonyl (C=O) groups is 1. The molecule has 0 amide bonds. The van der Waals surface area contributed by atoms with Crippen LogP contribution in [0, 0.1) is 0 Å². The summed E-state index contributed by atoms with van der Waals surface area (Å²) in [6.45, 7) is 8.89. The van der Waals surface area contributed by atoms with E-state index in [1.807, 2.05) is 30.3 Å². The van der Waals surface area contributed by atoms with Crippen molar-refractivity contribution in [3.05, 3.63) is 64.8 Å². The maximum absolute atomic E-state index is 12.6. The minimum atomic E-state index is -0.328. The third kappa shape index (κ3) is 8.59. The highest BCUT2D eigenvalue weighted by atomic mass is 35.5. The van der Waals surface area contributed by atoms with E-state index in [-0.39, 0.29) is 11.4 Å². The summed E-state index contributed by atoms with van der Waals surface area (Å²) in [6, 6.07) is 14.6. The number of rotatable bonds is 15. The predicted molar refractivity (Wildman–Crippen MR) is 165 cm³/mol. The zero-order chi connectivity index (χ0) is 29.2. The summed E-state index contributed by atoms with van der Waals surface area (Å²) in [5.74, 6) is 1.48. The van der Waals surface area contributed by atoms with Crippen molar-refractivity contribution >= 4 is 23.2 Å². The number of nitrogens with zero attached hydrogens (tertiary/aromatic N) is 3. The summed E-state index contributed by atoms with van der Waals surface area (Å²) in [4.78, 5) is 15.9. The Labute approximate surface area is 248 Å². The van der Waals surface area contributed by atoms with Gasteiger partial charge in [-0.2, -0.15) is 5.10 Å². The Balaban J connectivity index is 1.27. The average molecular weight is 579 g/mol. The molecule has 4 aromatic rings. The molecule has 0 saturated heterocycles. The second-order valence-electron chi connectivity index (χ2n) is 11.7. The number of nitrogens with one attached hydrogen (secondary N) is 1. The normalized spacial score (nSPS) is 11.7. The van der Waals surface area contributed by atoms with Gasteiger partial charge >= 0.3 is 5.97 Å². The number of H-pyrrole nitrogens is 1. The minimum absolute atomic E-state index is 0.187. The van der Waals surface area contributed by atoms with Crippen LogP contribution in [0.25, 0.3) is 17.0 Å². The van der Waals surface area contributed by atoms with Gasteiger partial charge in [0.05, 0.1) is 17.9 Å². The monoisotopic (exact) mass is 578 g/mol. The molecule has 220 valence electrons. The van der Waals surface area contributed by atoms with Crippen LogP contribution < -0.4 is 4.74 Å². The first-order valence-corrected chi connectivity index (χ1v) is 15.3. The molecule has 0 atom stereocenters. The standard InChI is InChI=1S/C33H43ClN4O3/c1-5-6-7-8-9-10-11-12-13-14-21-40-32(39)25-18-16-20-27(23-25)41-26-19-15-17-24(22-26)30-35-31-28(34)29(33(2,3)4)36-38(31)37-30/h15-20,22-23H,5-14,21H2,1-4H3,(H,35,37). The number of esters is 1. The zero-order valence-corrected chi connectivity index (χ0v) is 25.6. The van der Waals surface area contributed by atoms with E-state index < -0.39 is 0 Å². The van der Waals surface area contributed by atoms with Gasteiger partial charge in [-0.1, -0.05) is 115 Å². The third-order valence-corrected chi connectivity index (χ3v) is 7.45. The summed E-state index contributed by atoms with van der Waals surface area (Å²) < 4.78 is 13.1.